The maximum atomic E-state index is 13.2. The number of hydrogen-bond donors (Lipinski definition) is 1. The monoisotopic (exact) mass is 406 g/mol. The number of aromatic nitrogens is 5. The van der Waals surface area contributed by atoms with Gasteiger partial charge in [-0.2, -0.15) is 31.0 Å². The molecule has 2 aromatic heterocycles. The van der Waals surface area contributed by atoms with Crippen LogP contribution in [0, 0.1) is 0 Å². The molecule has 8 nitrogen and oxygen atoms in total. The second-order valence-corrected chi connectivity index (χ2v) is 5.46. The molecular formula is C14H8F6N6O2. The molecule has 1 aromatic carbocycles. The SMILES string of the molecule is Cn1nnc2c(C(=O)Nc3cccc(C(F)(F)F)c3C(F)(F)F)ncn2c1=O. The number of anilines is 1. The van der Waals surface area contributed by atoms with E-state index < -0.39 is 46.5 Å². The zero-order valence-electron chi connectivity index (χ0n) is 13.6. The van der Waals surface area contributed by atoms with Crippen molar-refractivity contribution in [3.63, 3.8) is 0 Å². The van der Waals surface area contributed by atoms with Crippen molar-refractivity contribution in [2.24, 2.45) is 7.05 Å². The Hall–Kier alpha value is -3.45. The highest BCUT2D eigenvalue weighted by Gasteiger charge is 2.45. The van der Waals surface area contributed by atoms with E-state index in [-0.39, 0.29) is 11.7 Å². The van der Waals surface area contributed by atoms with Crippen LogP contribution in [-0.2, 0) is 19.4 Å². The van der Waals surface area contributed by atoms with Crippen LogP contribution in [0.4, 0.5) is 32.0 Å². The van der Waals surface area contributed by atoms with E-state index in [4.69, 9.17) is 0 Å². The van der Waals surface area contributed by atoms with Crippen molar-refractivity contribution >= 4 is 17.2 Å². The summed E-state index contributed by atoms with van der Waals surface area (Å²) in [5.41, 5.74) is -6.84. The lowest BCUT2D eigenvalue weighted by Gasteiger charge is -2.19. The number of carbonyl (C=O) groups excluding carboxylic acids is 1. The van der Waals surface area contributed by atoms with Crippen LogP contribution in [0.15, 0.2) is 29.3 Å². The van der Waals surface area contributed by atoms with E-state index >= 15 is 0 Å². The number of carbonyl (C=O) groups is 1. The fourth-order valence-electron chi connectivity index (χ4n) is 2.42. The van der Waals surface area contributed by atoms with Crippen LogP contribution in [0.1, 0.15) is 21.6 Å². The standard InChI is InChI=1S/C14H8F6N6O2/c1-25-12(28)26-5-21-9(10(26)23-24-25)11(27)22-7-4-2-3-6(13(15,16)17)8(7)14(18,19)20/h2-5H,1H3,(H,22,27). The van der Waals surface area contributed by atoms with E-state index in [2.05, 4.69) is 15.3 Å². The van der Waals surface area contributed by atoms with Crippen molar-refractivity contribution in [1.82, 2.24) is 24.4 Å². The highest BCUT2D eigenvalue weighted by molar-refractivity contribution is 6.07. The molecule has 3 rings (SSSR count). The number of fused-ring (bicyclic) bond motifs is 1. The van der Waals surface area contributed by atoms with Crippen LogP contribution in [0.25, 0.3) is 5.65 Å². The average Bonchev–Trinajstić information content (AvgIpc) is 3.01. The maximum Gasteiger partial charge on any atom is 0.419 e. The van der Waals surface area contributed by atoms with Crippen molar-refractivity contribution in [3.8, 4) is 0 Å². The molecule has 0 spiro atoms. The molecule has 28 heavy (non-hydrogen) atoms. The summed E-state index contributed by atoms with van der Waals surface area (Å²) in [5.74, 6) is -1.30. The highest BCUT2D eigenvalue weighted by Crippen LogP contribution is 2.43. The molecule has 0 saturated heterocycles. The number of nitrogens with zero attached hydrogens (tertiary/aromatic N) is 5. The van der Waals surface area contributed by atoms with Gasteiger partial charge in [0.25, 0.3) is 5.91 Å². The first-order chi connectivity index (χ1) is 12.9. The van der Waals surface area contributed by atoms with Crippen molar-refractivity contribution in [2.75, 3.05) is 5.32 Å². The molecule has 0 unspecified atom stereocenters. The molecule has 0 aliphatic carbocycles. The summed E-state index contributed by atoms with van der Waals surface area (Å²) >= 11 is 0. The number of benzene rings is 1. The smallest absolute Gasteiger partial charge is 0.320 e. The largest absolute Gasteiger partial charge is 0.419 e. The van der Waals surface area contributed by atoms with Crippen LogP contribution in [0.2, 0.25) is 0 Å². The van der Waals surface area contributed by atoms with Crippen LogP contribution < -0.4 is 11.0 Å². The molecule has 0 aliphatic rings. The number of alkyl halides is 6. The van der Waals surface area contributed by atoms with Crippen molar-refractivity contribution in [2.45, 2.75) is 12.4 Å². The first-order valence-electron chi connectivity index (χ1n) is 7.27. The Labute approximate surface area is 150 Å². The molecule has 2 heterocycles. The number of rotatable bonds is 2. The summed E-state index contributed by atoms with van der Waals surface area (Å²) in [6, 6.07) is 1.63. The van der Waals surface area contributed by atoms with Gasteiger partial charge in [-0.05, 0) is 12.1 Å². The predicted octanol–water partition coefficient (Wildman–Crippen LogP) is 2.11. The molecule has 0 atom stereocenters. The molecule has 1 amide bonds. The predicted molar refractivity (Wildman–Crippen MR) is 80.4 cm³/mol. The van der Waals surface area contributed by atoms with Gasteiger partial charge in [-0.25, -0.2) is 14.2 Å². The normalized spacial score (nSPS) is 12.4. The molecule has 1 N–H and O–H groups in total. The lowest BCUT2D eigenvalue weighted by atomic mass is 10.0. The van der Waals surface area contributed by atoms with Gasteiger partial charge in [-0.15, -0.1) is 5.10 Å². The van der Waals surface area contributed by atoms with Gasteiger partial charge < -0.3 is 5.32 Å². The molecule has 0 aliphatic heterocycles. The Kier molecular flexibility index (Phi) is 4.36. The zero-order valence-corrected chi connectivity index (χ0v) is 13.6. The quantitative estimate of drug-likeness (QED) is 0.658. The topological polar surface area (TPSA) is 94.2 Å². The molecule has 0 bridgehead atoms. The van der Waals surface area contributed by atoms with Gasteiger partial charge in [-0.3, -0.25) is 4.79 Å². The number of amides is 1. The summed E-state index contributed by atoms with van der Waals surface area (Å²) in [4.78, 5) is 27.7. The number of hydrogen-bond acceptors (Lipinski definition) is 5. The van der Waals surface area contributed by atoms with Gasteiger partial charge in [0.05, 0.1) is 16.8 Å². The number of imidazole rings is 1. The summed E-state index contributed by atoms with van der Waals surface area (Å²) in [5, 5.41) is 8.71. The van der Waals surface area contributed by atoms with Crippen LogP contribution >= 0.6 is 0 Å². The van der Waals surface area contributed by atoms with E-state index in [9.17, 15) is 35.9 Å². The second kappa shape index (κ2) is 6.31. The maximum absolute atomic E-state index is 13.2. The Morgan fingerprint density at radius 1 is 1.11 bits per heavy atom. The van der Waals surface area contributed by atoms with E-state index in [0.29, 0.717) is 12.1 Å². The lowest BCUT2D eigenvalue weighted by molar-refractivity contribution is -0.161. The summed E-state index contributed by atoms with van der Waals surface area (Å²) in [6.07, 6.45) is -9.82. The number of halogens is 6. The second-order valence-electron chi connectivity index (χ2n) is 5.46. The third kappa shape index (κ3) is 3.27. The minimum atomic E-state index is -5.40. The molecular weight excluding hydrogens is 398 g/mol. The van der Waals surface area contributed by atoms with E-state index in [0.717, 1.165) is 15.4 Å². The molecule has 14 heteroatoms. The van der Waals surface area contributed by atoms with Gasteiger partial charge in [0, 0.05) is 7.05 Å². The first-order valence-corrected chi connectivity index (χ1v) is 7.27. The summed E-state index contributed by atoms with van der Waals surface area (Å²) in [7, 11) is 1.26. The van der Waals surface area contributed by atoms with Gasteiger partial charge in [0.15, 0.2) is 11.3 Å². The fourth-order valence-corrected chi connectivity index (χ4v) is 2.42. The minimum Gasteiger partial charge on any atom is -0.320 e. The van der Waals surface area contributed by atoms with Crippen LogP contribution in [-0.4, -0.2) is 30.3 Å². The molecule has 148 valence electrons. The van der Waals surface area contributed by atoms with E-state index in [1.54, 1.807) is 5.32 Å². The Bertz CT molecular complexity index is 1130. The van der Waals surface area contributed by atoms with Gasteiger partial charge in [-0.1, -0.05) is 11.3 Å². The van der Waals surface area contributed by atoms with Crippen LogP contribution in [0.3, 0.4) is 0 Å². The lowest BCUT2D eigenvalue weighted by Crippen LogP contribution is -2.27. The van der Waals surface area contributed by atoms with Gasteiger partial charge >= 0.3 is 18.0 Å². The van der Waals surface area contributed by atoms with E-state index in [1.165, 1.54) is 7.05 Å². The van der Waals surface area contributed by atoms with Crippen molar-refractivity contribution in [3.05, 3.63) is 51.8 Å². The Balaban J connectivity index is 2.09. The minimum absolute atomic E-state index is 0.250. The van der Waals surface area contributed by atoms with Gasteiger partial charge in [0.2, 0.25) is 0 Å². The summed E-state index contributed by atoms with van der Waals surface area (Å²) < 4.78 is 80.3. The fraction of sp³-hybridized carbons (Fsp3) is 0.214. The third-order valence-corrected chi connectivity index (χ3v) is 3.62. The molecule has 0 saturated carbocycles. The van der Waals surface area contributed by atoms with Crippen molar-refractivity contribution < 1.29 is 31.1 Å². The molecule has 0 radical (unpaired) electrons. The molecule has 0 fully saturated rings. The molecule has 3 aromatic rings. The van der Waals surface area contributed by atoms with Crippen molar-refractivity contribution in [1.29, 1.82) is 0 Å². The Morgan fingerprint density at radius 2 is 1.79 bits per heavy atom. The highest BCUT2D eigenvalue weighted by atomic mass is 19.4. The third-order valence-electron chi connectivity index (χ3n) is 3.62. The van der Waals surface area contributed by atoms with Gasteiger partial charge in [0.1, 0.15) is 6.33 Å². The van der Waals surface area contributed by atoms with E-state index in [1.807, 2.05) is 0 Å². The number of nitrogens with one attached hydrogen (secondary N) is 1. The van der Waals surface area contributed by atoms with Crippen LogP contribution in [0.5, 0.6) is 0 Å². The first kappa shape index (κ1) is 19.3. The average molecular weight is 406 g/mol. The summed E-state index contributed by atoms with van der Waals surface area (Å²) in [6.45, 7) is 0. The number of aryl methyl sites for hydroxylation is 1. The zero-order chi connectivity index (χ0) is 20.9. The Morgan fingerprint density at radius 3 is 2.39 bits per heavy atom.